The lowest BCUT2D eigenvalue weighted by Crippen LogP contribution is -2.45. The highest BCUT2D eigenvalue weighted by Gasteiger charge is 2.24. The normalized spacial score (nSPS) is 16.9. The minimum atomic E-state index is 0. The van der Waals surface area contributed by atoms with Crippen LogP contribution in [-0.4, -0.2) is 57.0 Å². The summed E-state index contributed by atoms with van der Waals surface area (Å²) in [7, 11) is 3.34. The second-order valence-electron chi connectivity index (χ2n) is 4.92. The monoisotopic (exact) mass is 316 g/mol. The number of nitrogens with one attached hydrogen (secondary N) is 1. The first kappa shape index (κ1) is 18.0. The van der Waals surface area contributed by atoms with E-state index in [4.69, 9.17) is 9.47 Å². The maximum Gasteiger partial charge on any atom is 0.123 e. The lowest BCUT2D eigenvalue weighted by molar-refractivity contribution is 0.138. The van der Waals surface area contributed by atoms with Crippen LogP contribution in [0.3, 0.4) is 0 Å². The number of aliphatic hydroxyl groups excluding tert-OH is 1. The Labute approximate surface area is 132 Å². The quantitative estimate of drug-likeness (QED) is 0.832. The first-order valence-electron chi connectivity index (χ1n) is 7.07. The number of ether oxygens (including phenoxy) is 2. The van der Waals surface area contributed by atoms with Crippen LogP contribution in [0, 0.1) is 0 Å². The molecule has 1 atom stereocenters. The second-order valence-corrected chi connectivity index (χ2v) is 4.92. The number of halogens is 1. The Balaban J connectivity index is 0.00000220. The van der Waals surface area contributed by atoms with Gasteiger partial charge in [-0.25, -0.2) is 0 Å². The molecule has 1 aromatic rings. The molecule has 1 aliphatic heterocycles. The number of hydrogen-bond acceptors (Lipinski definition) is 5. The van der Waals surface area contributed by atoms with Gasteiger partial charge in [0.05, 0.1) is 14.2 Å². The van der Waals surface area contributed by atoms with Crippen LogP contribution < -0.4 is 14.8 Å². The molecule has 0 radical (unpaired) electrons. The van der Waals surface area contributed by atoms with Crippen LogP contribution in [0.4, 0.5) is 0 Å². The summed E-state index contributed by atoms with van der Waals surface area (Å²) in [5.74, 6) is 1.67. The predicted octanol–water partition coefficient (Wildman–Crippen LogP) is 1.45. The number of rotatable bonds is 6. The number of aliphatic hydroxyl groups is 1. The standard InChI is InChI=1S/C15H24N2O3.ClH/c1-19-12-3-4-15(20-2)13(11-12)14(5-10-18)17-8-6-16-7-9-17;/h3-4,11,14,16,18H,5-10H2,1-2H3;1H/t14-;/m1./s1. The fourth-order valence-corrected chi connectivity index (χ4v) is 2.75. The predicted molar refractivity (Wildman–Crippen MR) is 85.7 cm³/mol. The Hall–Kier alpha value is -1.01. The van der Waals surface area contributed by atoms with Crippen molar-refractivity contribution in [2.45, 2.75) is 12.5 Å². The zero-order chi connectivity index (χ0) is 14.4. The minimum Gasteiger partial charge on any atom is -0.497 e. The molecule has 5 nitrogen and oxygen atoms in total. The topological polar surface area (TPSA) is 54.0 Å². The van der Waals surface area contributed by atoms with Crippen LogP contribution >= 0.6 is 12.4 Å². The molecular formula is C15H25ClN2O3. The summed E-state index contributed by atoms with van der Waals surface area (Å²) in [5.41, 5.74) is 1.09. The maximum atomic E-state index is 9.40. The van der Waals surface area contributed by atoms with E-state index in [2.05, 4.69) is 10.2 Å². The molecule has 0 aliphatic carbocycles. The van der Waals surface area contributed by atoms with E-state index < -0.39 is 0 Å². The number of hydrogen-bond donors (Lipinski definition) is 2. The van der Waals surface area contributed by atoms with E-state index in [9.17, 15) is 5.11 Å². The summed E-state index contributed by atoms with van der Waals surface area (Å²) in [6.07, 6.45) is 0.698. The lowest BCUT2D eigenvalue weighted by Gasteiger charge is -2.35. The largest absolute Gasteiger partial charge is 0.497 e. The average Bonchev–Trinajstić information content (AvgIpc) is 2.53. The molecule has 1 fully saturated rings. The molecule has 0 saturated carbocycles. The van der Waals surface area contributed by atoms with Crippen LogP contribution in [0.1, 0.15) is 18.0 Å². The molecule has 0 spiro atoms. The van der Waals surface area contributed by atoms with Gasteiger partial charge < -0.3 is 19.9 Å². The molecule has 1 aliphatic rings. The van der Waals surface area contributed by atoms with Crippen LogP contribution in [0.2, 0.25) is 0 Å². The fraction of sp³-hybridized carbons (Fsp3) is 0.600. The smallest absolute Gasteiger partial charge is 0.123 e. The molecule has 120 valence electrons. The number of benzene rings is 1. The van der Waals surface area contributed by atoms with Gasteiger partial charge in [0.2, 0.25) is 0 Å². The zero-order valence-electron chi connectivity index (χ0n) is 12.7. The number of methoxy groups -OCH3 is 2. The van der Waals surface area contributed by atoms with Crippen molar-refractivity contribution in [2.75, 3.05) is 47.0 Å². The van der Waals surface area contributed by atoms with Gasteiger partial charge in [-0.2, -0.15) is 0 Å². The molecule has 2 N–H and O–H groups in total. The Bertz CT molecular complexity index is 425. The minimum absolute atomic E-state index is 0. The highest BCUT2D eigenvalue weighted by molar-refractivity contribution is 5.85. The summed E-state index contributed by atoms with van der Waals surface area (Å²) < 4.78 is 10.8. The van der Waals surface area contributed by atoms with Crippen LogP contribution in [0.15, 0.2) is 18.2 Å². The van der Waals surface area contributed by atoms with Crippen molar-refractivity contribution in [3.8, 4) is 11.5 Å². The summed E-state index contributed by atoms with van der Waals surface area (Å²) in [6, 6.07) is 6.00. The molecule has 0 unspecified atom stereocenters. The fourth-order valence-electron chi connectivity index (χ4n) is 2.75. The third-order valence-electron chi connectivity index (χ3n) is 3.79. The molecule has 2 rings (SSSR count). The second kappa shape index (κ2) is 9.10. The van der Waals surface area contributed by atoms with Gasteiger partial charge in [0, 0.05) is 44.4 Å². The Morgan fingerprint density at radius 3 is 2.52 bits per heavy atom. The van der Waals surface area contributed by atoms with Crippen molar-refractivity contribution in [2.24, 2.45) is 0 Å². The molecule has 6 heteroatoms. The van der Waals surface area contributed by atoms with E-state index in [1.54, 1.807) is 14.2 Å². The average molecular weight is 317 g/mol. The van der Waals surface area contributed by atoms with Crippen LogP contribution in [0.25, 0.3) is 0 Å². The Kier molecular flexibility index (Phi) is 7.82. The molecule has 1 saturated heterocycles. The lowest BCUT2D eigenvalue weighted by atomic mass is 10.00. The van der Waals surface area contributed by atoms with E-state index >= 15 is 0 Å². The van der Waals surface area contributed by atoms with Gasteiger partial charge in [0.25, 0.3) is 0 Å². The number of piperazine rings is 1. The van der Waals surface area contributed by atoms with E-state index in [0.29, 0.717) is 6.42 Å². The van der Waals surface area contributed by atoms with Gasteiger partial charge in [0.1, 0.15) is 11.5 Å². The van der Waals surface area contributed by atoms with Crippen molar-refractivity contribution < 1.29 is 14.6 Å². The van der Waals surface area contributed by atoms with Gasteiger partial charge in [-0.05, 0) is 24.6 Å². The third kappa shape index (κ3) is 4.48. The van der Waals surface area contributed by atoms with Crippen molar-refractivity contribution in [3.05, 3.63) is 23.8 Å². The van der Waals surface area contributed by atoms with Crippen LogP contribution in [0.5, 0.6) is 11.5 Å². The van der Waals surface area contributed by atoms with Crippen molar-refractivity contribution in [1.29, 1.82) is 0 Å². The van der Waals surface area contributed by atoms with Crippen molar-refractivity contribution in [3.63, 3.8) is 0 Å². The van der Waals surface area contributed by atoms with E-state index in [1.165, 1.54) is 0 Å². The summed E-state index contributed by atoms with van der Waals surface area (Å²) in [6.45, 7) is 4.08. The highest BCUT2D eigenvalue weighted by atomic mass is 35.5. The molecule has 0 aromatic heterocycles. The Morgan fingerprint density at radius 1 is 1.24 bits per heavy atom. The summed E-state index contributed by atoms with van der Waals surface area (Å²) >= 11 is 0. The maximum absolute atomic E-state index is 9.40. The molecule has 1 heterocycles. The van der Waals surface area contributed by atoms with Gasteiger partial charge in [-0.3, -0.25) is 4.90 Å². The molecule has 0 bridgehead atoms. The van der Waals surface area contributed by atoms with Crippen molar-refractivity contribution >= 4 is 12.4 Å². The molecule has 21 heavy (non-hydrogen) atoms. The summed E-state index contributed by atoms with van der Waals surface area (Å²) in [4.78, 5) is 2.39. The molecular weight excluding hydrogens is 292 g/mol. The van der Waals surface area contributed by atoms with E-state index in [0.717, 1.165) is 43.2 Å². The van der Waals surface area contributed by atoms with E-state index in [1.807, 2.05) is 18.2 Å². The first-order chi connectivity index (χ1) is 9.80. The van der Waals surface area contributed by atoms with Gasteiger partial charge in [-0.1, -0.05) is 0 Å². The van der Waals surface area contributed by atoms with Gasteiger partial charge in [-0.15, -0.1) is 12.4 Å². The SMILES string of the molecule is COc1ccc(OC)c([C@@H](CCO)N2CCNCC2)c1.Cl. The molecule has 1 aromatic carbocycles. The van der Waals surface area contributed by atoms with Crippen LogP contribution in [-0.2, 0) is 0 Å². The highest BCUT2D eigenvalue weighted by Crippen LogP contribution is 2.34. The summed E-state index contributed by atoms with van der Waals surface area (Å²) in [5, 5.41) is 12.8. The molecule has 0 amide bonds. The zero-order valence-corrected chi connectivity index (χ0v) is 13.5. The van der Waals surface area contributed by atoms with E-state index in [-0.39, 0.29) is 25.1 Å². The van der Waals surface area contributed by atoms with Gasteiger partial charge >= 0.3 is 0 Å². The Morgan fingerprint density at radius 2 is 1.95 bits per heavy atom. The van der Waals surface area contributed by atoms with Gasteiger partial charge in [0.15, 0.2) is 0 Å². The third-order valence-corrected chi connectivity index (χ3v) is 3.79. The first-order valence-corrected chi connectivity index (χ1v) is 7.07. The number of nitrogens with zero attached hydrogens (tertiary/aromatic N) is 1. The van der Waals surface area contributed by atoms with Crippen molar-refractivity contribution in [1.82, 2.24) is 10.2 Å².